The SMILES string of the molecule is CC1CC(C)CN(/C=C(/C#N)C(=O)Nc2ccccc2Cl)C1. The lowest BCUT2D eigenvalue weighted by Gasteiger charge is -2.34. The summed E-state index contributed by atoms with van der Waals surface area (Å²) >= 11 is 6.02. The van der Waals surface area contributed by atoms with Crippen LogP contribution in [0.2, 0.25) is 5.02 Å². The average molecular weight is 318 g/mol. The number of hydrogen-bond donors (Lipinski definition) is 1. The number of carbonyl (C=O) groups excluding carboxylic acids is 1. The molecule has 1 saturated heterocycles. The molecule has 1 fully saturated rings. The van der Waals surface area contributed by atoms with Crippen LogP contribution in [-0.2, 0) is 4.79 Å². The topological polar surface area (TPSA) is 56.1 Å². The van der Waals surface area contributed by atoms with Gasteiger partial charge in [-0.15, -0.1) is 0 Å². The molecule has 1 amide bonds. The number of halogens is 1. The second kappa shape index (κ2) is 7.33. The van der Waals surface area contributed by atoms with Gasteiger partial charge in [0.2, 0.25) is 0 Å². The molecule has 116 valence electrons. The van der Waals surface area contributed by atoms with E-state index in [1.165, 1.54) is 6.42 Å². The molecule has 4 nitrogen and oxygen atoms in total. The third-order valence-electron chi connectivity index (χ3n) is 3.70. The number of nitrogens with zero attached hydrogens (tertiary/aromatic N) is 2. The van der Waals surface area contributed by atoms with Crippen molar-refractivity contribution in [3.05, 3.63) is 41.1 Å². The summed E-state index contributed by atoms with van der Waals surface area (Å²) in [5.41, 5.74) is 0.608. The molecule has 1 aliphatic heterocycles. The lowest BCUT2D eigenvalue weighted by Crippen LogP contribution is -2.35. The molecule has 1 heterocycles. The second-order valence-corrected chi connectivity index (χ2v) is 6.40. The van der Waals surface area contributed by atoms with Crippen molar-refractivity contribution in [2.45, 2.75) is 20.3 Å². The van der Waals surface area contributed by atoms with Crippen LogP contribution in [0.3, 0.4) is 0 Å². The van der Waals surface area contributed by atoms with Crippen LogP contribution >= 0.6 is 11.6 Å². The lowest BCUT2D eigenvalue weighted by molar-refractivity contribution is -0.112. The van der Waals surface area contributed by atoms with Crippen LogP contribution in [0.25, 0.3) is 0 Å². The standard InChI is InChI=1S/C17H20ClN3O/c1-12-7-13(2)10-21(9-12)11-14(8-19)17(22)20-16-6-4-3-5-15(16)18/h3-6,11-13H,7,9-10H2,1-2H3,(H,20,22)/b14-11-. The molecule has 0 aliphatic carbocycles. The third kappa shape index (κ3) is 4.25. The van der Waals surface area contributed by atoms with Crippen LogP contribution < -0.4 is 5.32 Å². The Kier molecular flexibility index (Phi) is 5.46. The van der Waals surface area contributed by atoms with Crippen molar-refractivity contribution < 1.29 is 4.79 Å². The van der Waals surface area contributed by atoms with Crippen LogP contribution in [0, 0.1) is 23.2 Å². The molecule has 2 rings (SSSR count). The van der Waals surface area contributed by atoms with E-state index in [9.17, 15) is 10.1 Å². The minimum Gasteiger partial charge on any atom is -0.376 e. The Morgan fingerprint density at radius 1 is 1.36 bits per heavy atom. The van der Waals surface area contributed by atoms with E-state index in [1.807, 2.05) is 6.07 Å². The number of benzene rings is 1. The highest BCUT2D eigenvalue weighted by Gasteiger charge is 2.21. The Labute approximate surface area is 136 Å². The van der Waals surface area contributed by atoms with Gasteiger partial charge in [0, 0.05) is 19.3 Å². The number of rotatable bonds is 3. The summed E-state index contributed by atoms with van der Waals surface area (Å²) in [7, 11) is 0. The minimum absolute atomic E-state index is 0.0984. The first-order valence-corrected chi connectivity index (χ1v) is 7.79. The van der Waals surface area contributed by atoms with E-state index in [-0.39, 0.29) is 5.57 Å². The number of piperidine rings is 1. The number of hydrogen-bond acceptors (Lipinski definition) is 3. The average Bonchev–Trinajstić information content (AvgIpc) is 2.46. The molecule has 0 saturated carbocycles. The summed E-state index contributed by atoms with van der Waals surface area (Å²) in [6, 6.07) is 8.96. The summed E-state index contributed by atoms with van der Waals surface area (Å²) in [6.45, 7) is 6.11. The summed E-state index contributed by atoms with van der Waals surface area (Å²) in [6.07, 6.45) is 2.84. The minimum atomic E-state index is -0.429. The molecular formula is C17H20ClN3O. The fourth-order valence-corrected chi connectivity index (χ4v) is 3.07. The van der Waals surface area contributed by atoms with Gasteiger partial charge in [-0.1, -0.05) is 37.6 Å². The predicted octanol–water partition coefficient (Wildman–Crippen LogP) is 3.66. The van der Waals surface area contributed by atoms with Gasteiger partial charge in [0.1, 0.15) is 11.6 Å². The Hall–Kier alpha value is -1.99. The molecule has 0 radical (unpaired) electrons. The third-order valence-corrected chi connectivity index (χ3v) is 4.03. The van der Waals surface area contributed by atoms with E-state index in [1.54, 1.807) is 30.5 Å². The number of amides is 1. The van der Waals surface area contributed by atoms with Crippen LogP contribution in [0.5, 0.6) is 0 Å². The van der Waals surface area contributed by atoms with Crippen molar-refractivity contribution in [3.8, 4) is 6.07 Å². The van der Waals surface area contributed by atoms with E-state index in [4.69, 9.17) is 11.6 Å². The highest BCUT2D eigenvalue weighted by Crippen LogP contribution is 2.23. The van der Waals surface area contributed by atoms with Crippen molar-refractivity contribution >= 4 is 23.2 Å². The van der Waals surface area contributed by atoms with Crippen molar-refractivity contribution in [1.82, 2.24) is 4.90 Å². The molecule has 1 aliphatic rings. The number of anilines is 1. The second-order valence-electron chi connectivity index (χ2n) is 5.99. The largest absolute Gasteiger partial charge is 0.376 e. The highest BCUT2D eigenvalue weighted by molar-refractivity contribution is 6.33. The summed E-state index contributed by atoms with van der Waals surface area (Å²) in [4.78, 5) is 14.3. The first-order valence-electron chi connectivity index (χ1n) is 7.41. The quantitative estimate of drug-likeness (QED) is 0.683. The van der Waals surface area contributed by atoms with E-state index in [0.29, 0.717) is 22.5 Å². The maximum atomic E-state index is 12.2. The highest BCUT2D eigenvalue weighted by atomic mass is 35.5. The fourth-order valence-electron chi connectivity index (χ4n) is 2.89. The monoisotopic (exact) mass is 317 g/mol. The zero-order valence-corrected chi connectivity index (χ0v) is 13.6. The fraction of sp³-hybridized carbons (Fsp3) is 0.412. The molecule has 1 N–H and O–H groups in total. The van der Waals surface area contributed by atoms with Gasteiger partial charge in [-0.05, 0) is 30.4 Å². The van der Waals surface area contributed by atoms with Gasteiger partial charge in [0.15, 0.2) is 0 Å². The predicted molar refractivity (Wildman–Crippen MR) is 88.3 cm³/mol. The Bertz CT molecular complexity index is 611. The zero-order chi connectivity index (χ0) is 16.1. The van der Waals surface area contributed by atoms with Gasteiger partial charge in [-0.3, -0.25) is 4.79 Å². The molecule has 0 bridgehead atoms. The van der Waals surface area contributed by atoms with E-state index in [2.05, 4.69) is 24.1 Å². The zero-order valence-electron chi connectivity index (χ0n) is 12.8. The Morgan fingerprint density at radius 2 is 2.00 bits per heavy atom. The van der Waals surface area contributed by atoms with Gasteiger partial charge >= 0.3 is 0 Å². The molecule has 5 heteroatoms. The van der Waals surface area contributed by atoms with Gasteiger partial charge in [0.25, 0.3) is 5.91 Å². The van der Waals surface area contributed by atoms with E-state index in [0.717, 1.165) is 13.1 Å². The van der Waals surface area contributed by atoms with Gasteiger partial charge in [-0.25, -0.2) is 0 Å². The number of nitrogens with one attached hydrogen (secondary N) is 1. The number of nitriles is 1. The molecular weight excluding hydrogens is 298 g/mol. The molecule has 0 aromatic heterocycles. The number of para-hydroxylation sites is 1. The van der Waals surface area contributed by atoms with Gasteiger partial charge in [0.05, 0.1) is 10.7 Å². The molecule has 22 heavy (non-hydrogen) atoms. The Morgan fingerprint density at radius 3 is 2.59 bits per heavy atom. The van der Waals surface area contributed by atoms with Crippen LogP contribution in [-0.4, -0.2) is 23.9 Å². The van der Waals surface area contributed by atoms with Crippen molar-refractivity contribution in [3.63, 3.8) is 0 Å². The van der Waals surface area contributed by atoms with Crippen molar-refractivity contribution in [1.29, 1.82) is 5.26 Å². The van der Waals surface area contributed by atoms with Crippen LogP contribution in [0.4, 0.5) is 5.69 Å². The molecule has 2 unspecified atom stereocenters. The smallest absolute Gasteiger partial charge is 0.267 e. The van der Waals surface area contributed by atoms with Crippen molar-refractivity contribution in [2.75, 3.05) is 18.4 Å². The summed E-state index contributed by atoms with van der Waals surface area (Å²) < 4.78 is 0. The molecule has 0 spiro atoms. The van der Waals surface area contributed by atoms with Gasteiger partial charge < -0.3 is 10.2 Å². The van der Waals surface area contributed by atoms with Crippen LogP contribution in [0.15, 0.2) is 36.0 Å². The number of likely N-dealkylation sites (tertiary alicyclic amines) is 1. The van der Waals surface area contributed by atoms with Gasteiger partial charge in [-0.2, -0.15) is 5.26 Å². The first kappa shape index (κ1) is 16.4. The first-order chi connectivity index (χ1) is 10.5. The Balaban J connectivity index is 2.10. The number of carbonyl (C=O) groups is 1. The van der Waals surface area contributed by atoms with E-state index >= 15 is 0 Å². The van der Waals surface area contributed by atoms with Crippen molar-refractivity contribution in [2.24, 2.45) is 11.8 Å². The van der Waals surface area contributed by atoms with Crippen LogP contribution in [0.1, 0.15) is 20.3 Å². The molecule has 1 aromatic carbocycles. The maximum absolute atomic E-state index is 12.2. The lowest BCUT2D eigenvalue weighted by atomic mass is 9.92. The summed E-state index contributed by atoms with van der Waals surface area (Å²) in [5.74, 6) is 0.694. The summed E-state index contributed by atoms with van der Waals surface area (Å²) in [5, 5.41) is 12.4. The molecule has 2 atom stereocenters. The van der Waals surface area contributed by atoms with E-state index < -0.39 is 5.91 Å². The maximum Gasteiger partial charge on any atom is 0.267 e. The molecule has 1 aromatic rings. The normalized spacial score (nSPS) is 22.1.